The summed E-state index contributed by atoms with van der Waals surface area (Å²) in [6.07, 6.45) is 5.89. The number of ether oxygens (including phenoxy) is 2. The minimum Gasteiger partial charge on any atom is -0.491 e. The lowest BCUT2D eigenvalue weighted by Crippen LogP contribution is -2.13. The second kappa shape index (κ2) is 6.67. The lowest BCUT2D eigenvalue weighted by atomic mass is 9.87. The highest BCUT2D eigenvalue weighted by Crippen LogP contribution is 2.29. The van der Waals surface area contributed by atoms with E-state index in [2.05, 4.69) is 36.0 Å². The Morgan fingerprint density at radius 1 is 1.21 bits per heavy atom. The van der Waals surface area contributed by atoms with E-state index in [1.807, 2.05) is 0 Å². The molecule has 1 aromatic carbocycles. The Balaban J connectivity index is 1.33. The molecule has 0 aromatic heterocycles. The van der Waals surface area contributed by atoms with Crippen LogP contribution in [0.5, 0.6) is 5.75 Å². The molecule has 1 saturated heterocycles. The highest BCUT2D eigenvalue weighted by molar-refractivity contribution is 7.99. The average molecular weight is 278 g/mol. The van der Waals surface area contributed by atoms with Crippen molar-refractivity contribution in [2.75, 3.05) is 24.7 Å². The van der Waals surface area contributed by atoms with Crippen molar-refractivity contribution in [3.05, 3.63) is 29.8 Å². The van der Waals surface area contributed by atoms with Gasteiger partial charge in [-0.15, -0.1) is 0 Å². The van der Waals surface area contributed by atoms with Gasteiger partial charge in [0.1, 0.15) is 18.5 Å². The molecule has 0 N–H and O–H groups in total. The van der Waals surface area contributed by atoms with Crippen LogP contribution in [-0.4, -0.2) is 30.8 Å². The van der Waals surface area contributed by atoms with Gasteiger partial charge in [0.25, 0.3) is 0 Å². The summed E-state index contributed by atoms with van der Waals surface area (Å²) in [6, 6.07) is 8.53. The van der Waals surface area contributed by atoms with Gasteiger partial charge < -0.3 is 9.47 Å². The summed E-state index contributed by atoms with van der Waals surface area (Å²) in [7, 11) is 0. The van der Waals surface area contributed by atoms with E-state index < -0.39 is 0 Å². The van der Waals surface area contributed by atoms with E-state index in [1.165, 1.54) is 42.8 Å². The zero-order valence-electron chi connectivity index (χ0n) is 11.3. The zero-order chi connectivity index (χ0) is 12.9. The first kappa shape index (κ1) is 13.3. The molecule has 1 aliphatic heterocycles. The van der Waals surface area contributed by atoms with Crippen LogP contribution in [-0.2, 0) is 11.2 Å². The van der Waals surface area contributed by atoms with Crippen molar-refractivity contribution in [2.24, 2.45) is 5.92 Å². The van der Waals surface area contributed by atoms with Gasteiger partial charge >= 0.3 is 0 Å². The maximum Gasteiger partial charge on any atom is 0.119 e. The van der Waals surface area contributed by atoms with Gasteiger partial charge in [-0.1, -0.05) is 18.6 Å². The fraction of sp³-hybridized carbons (Fsp3) is 0.625. The molecule has 0 bridgehead atoms. The van der Waals surface area contributed by atoms with Crippen LogP contribution < -0.4 is 4.74 Å². The molecule has 19 heavy (non-hydrogen) atoms. The van der Waals surface area contributed by atoms with Crippen LogP contribution in [0.4, 0.5) is 0 Å². The molecule has 1 aromatic rings. The Labute approximate surface area is 119 Å². The van der Waals surface area contributed by atoms with Gasteiger partial charge in [-0.05, 0) is 54.4 Å². The highest BCUT2D eigenvalue weighted by Gasteiger charge is 2.22. The first-order chi connectivity index (χ1) is 9.40. The molecule has 3 rings (SSSR count). The summed E-state index contributed by atoms with van der Waals surface area (Å²) in [6.45, 7) is 1.55. The molecule has 1 saturated carbocycles. The molecule has 1 atom stereocenters. The van der Waals surface area contributed by atoms with Gasteiger partial charge in [-0.3, -0.25) is 0 Å². The Morgan fingerprint density at radius 2 is 2.00 bits per heavy atom. The van der Waals surface area contributed by atoms with Crippen LogP contribution >= 0.6 is 11.8 Å². The average Bonchev–Trinajstić information content (AvgIpc) is 3.19. The summed E-state index contributed by atoms with van der Waals surface area (Å²) in [5, 5.41) is 0. The molecule has 2 aliphatic rings. The van der Waals surface area contributed by atoms with Gasteiger partial charge in [0.05, 0.1) is 6.61 Å². The first-order valence-corrected chi connectivity index (χ1v) is 8.47. The highest BCUT2D eigenvalue weighted by atomic mass is 32.2. The fourth-order valence-electron chi connectivity index (χ4n) is 2.21. The van der Waals surface area contributed by atoms with Crippen LogP contribution in [0.25, 0.3) is 0 Å². The molecule has 2 nitrogen and oxygen atoms in total. The van der Waals surface area contributed by atoms with Gasteiger partial charge in [-0.2, -0.15) is 11.8 Å². The van der Waals surface area contributed by atoms with E-state index >= 15 is 0 Å². The third kappa shape index (κ3) is 4.43. The molecule has 3 heteroatoms. The van der Waals surface area contributed by atoms with E-state index in [9.17, 15) is 0 Å². The number of hydrogen-bond acceptors (Lipinski definition) is 3. The SMILES string of the molecule is c1cc(OCC2CO2)ccc1CCSCC1CCC1. The molecule has 1 aliphatic carbocycles. The summed E-state index contributed by atoms with van der Waals surface area (Å²) in [5.74, 6) is 4.58. The van der Waals surface area contributed by atoms with Crippen molar-refractivity contribution in [1.29, 1.82) is 0 Å². The molecule has 104 valence electrons. The van der Waals surface area contributed by atoms with Crippen molar-refractivity contribution < 1.29 is 9.47 Å². The van der Waals surface area contributed by atoms with Crippen molar-refractivity contribution in [1.82, 2.24) is 0 Å². The number of aryl methyl sites for hydroxylation is 1. The number of rotatable bonds is 8. The third-order valence-electron chi connectivity index (χ3n) is 3.87. The Hall–Kier alpha value is -0.670. The van der Waals surface area contributed by atoms with Gasteiger partial charge in [0.15, 0.2) is 0 Å². The Bertz CT molecular complexity index is 382. The number of hydrogen-bond donors (Lipinski definition) is 0. The van der Waals surface area contributed by atoms with Crippen LogP contribution in [0.15, 0.2) is 24.3 Å². The molecule has 0 spiro atoms. The lowest BCUT2D eigenvalue weighted by molar-refractivity contribution is 0.263. The van der Waals surface area contributed by atoms with Gasteiger partial charge in [-0.25, -0.2) is 0 Å². The standard InChI is InChI=1S/C16H22O2S/c1-2-14(3-1)12-19-9-8-13-4-6-15(7-5-13)17-10-16-11-18-16/h4-7,14,16H,1-3,8-12H2. The minimum absolute atomic E-state index is 0.336. The molecular formula is C16H22O2S. The van der Waals surface area contributed by atoms with Crippen molar-refractivity contribution in [3.8, 4) is 5.75 Å². The number of thioether (sulfide) groups is 1. The Morgan fingerprint density at radius 3 is 2.63 bits per heavy atom. The molecule has 0 amide bonds. The van der Waals surface area contributed by atoms with Gasteiger partial charge in [0.2, 0.25) is 0 Å². The van der Waals surface area contributed by atoms with E-state index in [0.717, 1.165) is 18.3 Å². The number of epoxide rings is 1. The second-order valence-corrected chi connectivity index (χ2v) is 6.68. The normalized spacial score (nSPS) is 22.0. The van der Waals surface area contributed by atoms with Crippen LogP contribution in [0.3, 0.4) is 0 Å². The maximum atomic E-state index is 5.63. The van der Waals surface area contributed by atoms with Crippen LogP contribution in [0.1, 0.15) is 24.8 Å². The van der Waals surface area contributed by atoms with E-state index in [4.69, 9.17) is 9.47 Å². The molecule has 1 unspecified atom stereocenters. The third-order valence-corrected chi connectivity index (χ3v) is 5.07. The quantitative estimate of drug-likeness (QED) is 0.536. The summed E-state index contributed by atoms with van der Waals surface area (Å²) < 4.78 is 10.8. The Kier molecular flexibility index (Phi) is 4.67. The van der Waals surface area contributed by atoms with Gasteiger partial charge in [0, 0.05) is 0 Å². The largest absolute Gasteiger partial charge is 0.491 e. The van der Waals surface area contributed by atoms with E-state index in [-0.39, 0.29) is 0 Å². The smallest absolute Gasteiger partial charge is 0.119 e. The van der Waals surface area contributed by atoms with Crippen molar-refractivity contribution >= 4 is 11.8 Å². The molecule has 0 radical (unpaired) electrons. The summed E-state index contributed by atoms with van der Waals surface area (Å²) in [5.41, 5.74) is 1.41. The topological polar surface area (TPSA) is 21.8 Å². The summed E-state index contributed by atoms with van der Waals surface area (Å²) >= 11 is 2.11. The van der Waals surface area contributed by atoms with Crippen LogP contribution in [0.2, 0.25) is 0 Å². The second-order valence-electron chi connectivity index (χ2n) is 5.53. The fourth-order valence-corrected chi connectivity index (χ4v) is 3.42. The molecule has 2 fully saturated rings. The predicted molar refractivity (Wildman–Crippen MR) is 80.0 cm³/mol. The molecular weight excluding hydrogens is 256 g/mol. The number of benzene rings is 1. The minimum atomic E-state index is 0.336. The predicted octanol–water partition coefficient (Wildman–Crippen LogP) is 3.54. The molecule has 1 heterocycles. The lowest BCUT2D eigenvalue weighted by Gasteiger charge is -2.24. The maximum absolute atomic E-state index is 5.63. The summed E-state index contributed by atoms with van der Waals surface area (Å²) in [4.78, 5) is 0. The zero-order valence-corrected chi connectivity index (χ0v) is 12.2. The first-order valence-electron chi connectivity index (χ1n) is 7.31. The van der Waals surface area contributed by atoms with E-state index in [1.54, 1.807) is 0 Å². The monoisotopic (exact) mass is 278 g/mol. The van der Waals surface area contributed by atoms with E-state index in [0.29, 0.717) is 12.7 Å². The van der Waals surface area contributed by atoms with Crippen molar-refractivity contribution in [2.45, 2.75) is 31.8 Å². The van der Waals surface area contributed by atoms with Crippen molar-refractivity contribution in [3.63, 3.8) is 0 Å². The van der Waals surface area contributed by atoms with Crippen LogP contribution in [0, 0.1) is 5.92 Å².